The molecule has 5 nitrogen and oxygen atoms in total. The van der Waals surface area contributed by atoms with Gasteiger partial charge in [0.2, 0.25) is 0 Å². The predicted octanol–water partition coefficient (Wildman–Crippen LogP) is 4.54. The molecule has 0 unspecified atom stereocenters. The third kappa shape index (κ3) is 7.14. The van der Waals surface area contributed by atoms with E-state index in [1.54, 1.807) is 0 Å². The minimum Gasteiger partial charge on any atom is -0.462 e. The standard InChI is InChI=1S/C25H37FN2O3/c1-3-11-25(29,12-4-2)24-10-9-23(31-24)20-28(14-13-27-15-17-30-18-16-27)19-21-5-7-22(26)8-6-21/h5-10,29H,3-4,11-20H2,1-2H3. The molecule has 3 rings (SSSR count). The molecule has 172 valence electrons. The van der Waals surface area contributed by atoms with Crippen LogP contribution < -0.4 is 0 Å². The zero-order valence-electron chi connectivity index (χ0n) is 19.0. The molecule has 2 aromatic rings. The molecule has 0 aliphatic carbocycles. The highest BCUT2D eigenvalue weighted by atomic mass is 19.1. The fourth-order valence-corrected chi connectivity index (χ4v) is 4.30. The summed E-state index contributed by atoms with van der Waals surface area (Å²) in [6.45, 7) is 10.8. The van der Waals surface area contributed by atoms with Gasteiger partial charge in [0.15, 0.2) is 0 Å². The average molecular weight is 433 g/mol. The van der Waals surface area contributed by atoms with Crippen molar-refractivity contribution in [2.45, 2.75) is 58.2 Å². The maximum atomic E-state index is 13.3. The molecule has 1 aliphatic heterocycles. The summed E-state index contributed by atoms with van der Waals surface area (Å²) in [5.74, 6) is 1.30. The third-order valence-electron chi connectivity index (χ3n) is 5.98. The van der Waals surface area contributed by atoms with Crippen molar-refractivity contribution in [1.82, 2.24) is 9.80 Å². The third-order valence-corrected chi connectivity index (χ3v) is 5.98. The van der Waals surface area contributed by atoms with Crippen molar-refractivity contribution in [3.05, 3.63) is 59.3 Å². The van der Waals surface area contributed by atoms with E-state index in [0.29, 0.717) is 25.1 Å². The normalized spacial score (nSPS) is 15.6. The lowest BCUT2D eigenvalue weighted by molar-refractivity contribution is -0.00537. The van der Waals surface area contributed by atoms with Gasteiger partial charge in [-0.05, 0) is 42.7 Å². The number of rotatable bonds is 12. The van der Waals surface area contributed by atoms with Crippen molar-refractivity contribution >= 4 is 0 Å². The molecule has 1 N–H and O–H groups in total. The highest BCUT2D eigenvalue weighted by Gasteiger charge is 2.31. The van der Waals surface area contributed by atoms with Crippen LogP contribution in [0.4, 0.5) is 4.39 Å². The molecule has 1 aromatic heterocycles. The molecule has 0 amide bonds. The van der Waals surface area contributed by atoms with Gasteiger partial charge in [0, 0.05) is 32.7 Å². The molecule has 0 atom stereocenters. The Morgan fingerprint density at radius 1 is 1.00 bits per heavy atom. The molecular formula is C25H37FN2O3. The van der Waals surface area contributed by atoms with Crippen LogP contribution in [-0.4, -0.2) is 54.3 Å². The molecule has 1 saturated heterocycles. The molecule has 31 heavy (non-hydrogen) atoms. The number of nitrogens with zero attached hydrogens (tertiary/aromatic N) is 2. The van der Waals surface area contributed by atoms with E-state index >= 15 is 0 Å². The van der Waals surface area contributed by atoms with Gasteiger partial charge in [-0.2, -0.15) is 0 Å². The summed E-state index contributed by atoms with van der Waals surface area (Å²) in [5.41, 5.74) is 0.181. The summed E-state index contributed by atoms with van der Waals surface area (Å²) in [5, 5.41) is 11.1. The van der Waals surface area contributed by atoms with E-state index in [0.717, 1.165) is 70.1 Å². The fourth-order valence-electron chi connectivity index (χ4n) is 4.30. The maximum absolute atomic E-state index is 13.3. The Hall–Kier alpha value is -1.73. The van der Waals surface area contributed by atoms with Crippen LogP contribution >= 0.6 is 0 Å². The Bertz CT molecular complexity index is 765. The van der Waals surface area contributed by atoms with Crippen LogP contribution in [0.1, 0.15) is 56.6 Å². The van der Waals surface area contributed by atoms with Gasteiger partial charge in [0.25, 0.3) is 0 Å². The van der Waals surface area contributed by atoms with Crippen molar-refractivity contribution in [2.24, 2.45) is 0 Å². The minimum absolute atomic E-state index is 0.217. The van der Waals surface area contributed by atoms with Crippen LogP contribution in [0.5, 0.6) is 0 Å². The van der Waals surface area contributed by atoms with Gasteiger partial charge in [-0.15, -0.1) is 0 Å². The Morgan fingerprint density at radius 3 is 2.32 bits per heavy atom. The van der Waals surface area contributed by atoms with E-state index in [1.807, 2.05) is 24.3 Å². The Labute approximate surface area is 185 Å². The SMILES string of the molecule is CCCC(O)(CCC)c1ccc(CN(CCN2CCOCC2)Cc2ccc(F)cc2)o1. The number of halogens is 1. The lowest BCUT2D eigenvalue weighted by atomic mass is 9.90. The van der Waals surface area contributed by atoms with Gasteiger partial charge < -0.3 is 14.3 Å². The number of furan rings is 1. The highest BCUT2D eigenvalue weighted by molar-refractivity contribution is 5.17. The number of hydrogen-bond donors (Lipinski definition) is 1. The first-order chi connectivity index (χ1) is 15.0. The van der Waals surface area contributed by atoms with E-state index in [2.05, 4.69) is 23.6 Å². The van der Waals surface area contributed by atoms with Crippen molar-refractivity contribution in [3.63, 3.8) is 0 Å². The van der Waals surface area contributed by atoms with Gasteiger partial charge in [0.1, 0.15) is 22.9 Å². The largest absolute Gasteiger partial charge is 0.462 e. The molecule has 1 fully saturated rings. The van der Waals surface area contributed by atoms with Gasteiger partial charge in [-0.25, -0.2) is 4.39 Å². The predicted molar refractivity (Wildman–Crippen MR) is 120 cm³/mol. The first-order valence-corrected chi connectivity index (χ1v) is 11.6. The van der Waals surface area contributed by atoms with E-state index in [1.165, 1.54) is 12.1 Å². The summed E-state index contributed by atoms with van der Waals surface area (Å²) in [6, 6.07) is 10.6. The van der Waals surface area contributed by atoms with Crippen molar-refractivity contribution in [3.8, 4) is 0 Å². The fraction of sp³-hybridized carbons (Fsp3) is 0.600. The number of hydrogen-bond acceptors (Lipinski definition) is 5. The second kappa shape index (κ2) is 11.8. The summed E-state index contributed by atoms with van der Waals surface area (Å²) in [7, 11) is 0. The smallest absolute Gasteiger partial charge is 0.135 e. The molecule has 0 saturated carbocycles. The lowest BCUT2D eigenvalue weighted by Gasteiger charge is -2.30. The number of morpholine rings is 1. The summed E-state index contributed by atoms with van der Waals surface area (Å²) in [6.07, 6.45) is 3.21. The first-order valence-electron chi connectivity index (χ1n) is 11.6. The minimum atomic E-state index is -0.892. The summed E-state index contributed by atoms with van der Waals surface area (Å²) in [4.78, 5) is 4.74. The monoisotopic (exact) mass is 432 g/mol. The van der Waals surface area contributed by atoms with Crippen molar-refractivity contribution in [1.29, 1.82) is 0 Å². The summed E-state index contributed by atoms with van der Waals surface area (Å²) < 4.78 is 24.9. The maximum Gasteiger partial charge on any atom is 0.135 e. The van der Waals surface area contributed by atoms with Crippen LogP contribution in [0, 0.1) is 5.82 Å². The van der Waals surface area contributed by atoms with Crippen LogP contribution in [0.15, 0.2) is 40.8 Å². The van der Waals surface area contributed by atoms with Gasteiger partial charge >= 0.3 is 0 Å². The van der Waals surface area contributed by atoms with Gasteiger partial charge in [0.05, 0.1) is 19.8 Å². The van der Waals surface area contributed by atoms with Crippen LogP contribution in [0.3, 0.4) is 0 Å². The Balaban J connectivity index is 1.69. The second-order valence-corrected chi connectivity index (χ2v) is 8.59. The molecule has 1 aromatic carbocycles. The van der Waals surface area contributed by atoms with Gasteiger partial charge in [-0.1, -0.05) is 38.8 Å². The van der Waals surface area contributed by atoms with E-state index < -0.39 is 5.60 Å². The molecule has 0 bridgehead atoms. The summed E-state index contributed by atoms with van der Waals surface area (Å²) >= 11 is 0. The highest BCUT2D eigenvalue weighted by Crippen LogP contribution is 2.33. The van der Waals surface area contributed by atoms with E-state index in [-0.39, 0.29) is 5.82 Å². The number of ether oxygens (including phenoxy) is 1. The molecular weight excluding hydrogens is 395 g/mol. The van der Waals surface area contributed by atoms with Crippen LogP contribution in [0.2, 0.25) is 0 Å². The second-order valence-electron chi connectivity index (χ2n) is 8.59. The topological polar surface area (TPSA) is 49.1 Å². The molecule has 2 heterocycles. The quantitative estimate of drug-likeness (QED) is 0.534. The van der Waals surface area contributed by atoms with E-state index in [4.69, 9.17) is 9.15 Å². The Kier molecular flexibility index (Phi) is 9.08. The van der Waals surface area contributed by atoms with Crippen LogP contribution in [0.25, 0.3) is 0 Å². The molecule has 0 radical (unpaired) electrons. The average Bonchev–Trinajstić information content (AvgIpc) is 3.24. The van der Waals surface area contributed by atoms with Crippen molar-refractivity contribution in [2.75, 3.05) is 39.4 Å². The first kappa shape index (κ1) is 23.9. The molecule has 1 aliphatic rings. The Morgan fingerprint density at radius 2 is 1.68 bits per heavy atom. The molecule has 0 spiro atoms. The zero-order valence-corrected chi connectivity index (χ0v) is 19.0. The van der Waals surface area contributed by atoms with E-state index in [9.17, 15) is 9.50 Å². The van der Waals surface area contributed by atoms with Crippen molar-refractivity contribution < 1.29 is 18.7 Å². The van der Waals surface area contributed by atoms with Crippen LogP contribution in [-0.2, 0) is 23.4 Å². The lowest BCUT2D eigenvalue weighted by Crippen LogP contribution is -2.41. The number of benzene rings is 1. The van der Waals surface area contributed by atoms with Gasteiger partial charge in [-0.3, -0.25) is 9.80 Å². The zero-order chi connectivity index (χ0) is 22.1. The molecule has 6 heteroatoms. The number of aliphatic hydroxyl groups is 1.